The first-order valence-corrected chi connectivity index (χ1v) is 6.77. The highest BCUT2D eigenvalue weighted by molar-refractivity contribution is 5.44. The molecule has 0 spiro atoms. The van der Waals surface area contributed by atoms with E-state index in [1.54, 1.807) is 0 Å². The van der Waals surface area contributed by atoms with E-state index < -0.39 is 0 Å². The molecule has 2 N–H and O–H groups in total. The van der Waals surface area contributed by atoms with Gasteiger partial charge in [0.2, 0.25) is 0 Å². The van der Waals surface area contributed by atoms with Crippen LogP contribution in [0.15, 0.2) is 42.6 Å². The first-order chi connectivity index (χ1) is 9.24. The average molecular weight is 253 g/mol. The fourth-order valence-electron chi connectivity index (χ4n) is 2.55. The summed E-state index contributed by atoms with van der Waals surface area (Å²) in [6.07, 6.45) is 2.98. The second kappa shape index (κ2) is 5.02. The number of nitrogens with zero attached hydrogens (tertiary/aromatic N) is 2. The van der Waals surface area contributed by atoms with E-state index in [1.807, 2.05) is 13.1 Å². The van der Waals surface area contributed by atoms with Crippen LogP contribution < -0.4 is 10.6 Å². The molecule has 2 heterocycles. The van der Waals surface area contributed by atoms with Gasteiger partial charge in [-0.25, -0.2) is 4.98 Å². The molecule has 1 aliphatic rings. The van der Waals surface area contributed by atoms with Crippen LogP contribution in [-0.4, -0.2) is 11.5 Å². The molecule has 1 aromatic heterocycles. The molecule has 3 nitrogen and oxygen atoms in total. The van der Waals surface area contributed by atoms with Crippen LogP contribution in [-0.2, 0) is 13.0 Å². The van der Waals surface area contributed by atoms with Crippen LogP contribution >= 0.6 is 0 Å². The molecule has 3 heteroatoms. The summed E-state index contributed by atoms with van der Waals surface area (Å²) < 4.78 is 0. The van der Waals surface area contributed by atoms with Crippen LogP contribution in [0.1, 0.15) is 29.7 Å². The summed E-state index contributed by atoms with van der Waals surface area (Å²) >= 11 is 0. The first kappa shape index (κ1) is 12.2. The molecule has 98 valence electrons. The molecule has 3 rings (SSSR count). The lowest BCUT2D eigenvalue weighted by atomic mass is 10.00. The van der Waals surface area contributed by atoms with Gasteiger partial charge in [-0.3, -0.25) is 0 Å². The quantitative estimate of drug-likeness (QED) is 0.894. The summed E-state index contributed by atoms with van der Waals surface area (Å²) in [6.45, 7) is 3.95. The maximum atomic E-state index is 5.85. The van der Waals surface area contributed by atoms with Crippen molar-refractivity contribution in [1.82, 2.24) is 4.98 Å². The molecule has 19 heavy (non-hydrogen) atoms. The summed E-state index contributed by atoms with van der Waals surface area (Å²) in [7, 11) is 0. The van der Waals surface area contributed by atoms with Gasteiger partial charge in [0.25, 0.3) is 0 Å². The number of nitrogens with two attached hydrogens (primary N) is 1. The third-order valence-electron chi connectivity index (χ3n) is 3.75. The second-order valence-corrected chi connectivity index (χ2v) is 5.18. The maximum Gasteiger partial charge on any atom is 0.128 e. The van der Waals surface area contributed by atoms with Crippen molar-refractivity contribution in [3.8, 4) is 0 Å². The van der Waals surface area contributed by atoms with Crippen molar-refractivity contribution in [1.29, 1.82) is 0 Å². The second-order valence-electron chi connectivity index (χ2n) is 5.18. The van der Waals surface area contributed by atoms with Crippen LogP contribution in [0.2, 0.25) is 0 Å². The minimum absolute atomic E-state index is 0.0450. The molecule has 0 radical (unpaired) electrons. The van der Waals surface area contributed by atoms with Crippen molar-refractivity contribution >= 4 is 5.82 Å². The molecule has 0 unspecified atom stereocenters. The zero-order chi connectivity index (χ0) is 13.2. The Kier molecular flexibility index (Phi) is 3.22. The van der Waals surface area contributed by atoms with Crippen LogP contribution in [0.25, 0.3) is 0 Å². The van der Waals surface area contributed by atoms with E-state index >= 15 is 0 Å². The number of hydrogen-bond donors (Lipinski definition) is 1. The van der Waals surface area contributed by atoms with Gasteiger partial charge in [0, 0.05) is 25.3 Å². The number of hydrogen-bond acceptors (Lipinski definition) is 3. The van der Waals surface area contributed by atoms with Crippen molar-refractivity contribution in [3.63, 3.8) is 0 Å². The van der Waals surface area contributed by atoms with Crippen LogP contribution in [0.5, 0.6) is 0 Å². The molecular formula is C16H19N3. The minimum Gasteiger partial charge on any atom is -0.352 e. The number of aromatic nitrogens is 1. The van der Waals surface area contributed by atoms with Crippen molar-refractivity contribution in [2.75, 3.05) is 11.4 Å². The van der Waals surface area contributed by atoms with Gasteiger partial charge in [-0.2, -0.15) is 0 Å². The fraction of sp³-hybridized carbons (Fsp3) is 0.312. The Balaban J connectivity index is 1.81. The lowest BCUT2D eigenvalue weighted by molar-refractivity contribution is 0.718. The first-order valence-electron chi connectivity index (χ1n) is 6.77. The van der Waals surface area contributed by atoms with Crippen LogP contribution in [0, 0.1) is 0 Å². The molecule has 1 aromatic carbocycles. The summed E-state index contributed by atoms with van der Waals surface area (Å²) in [5.41, 5.74) is 9.81. The Hall–Kier alpha value is -1.87. The standard InChI is InChI=1S/C16H19N3/c1-12(17)14-6-7-16(18-10-14)19-9-8-13-4-2-3-5-15(13)11-19/h2-7,10,12H,8-9,11,17H2,1H3/t12-/m0/s1. The van der Waals surface area contributed by atoms with E-state index in [9.17, 15) is 0 Å². The monoisotopic (exact) mass is 253 g/mol. The molecule has 1 atom stereocenters. The summed E-state index contributed by atoms with van der Waals surface area (Å²) in [6, 6.07) is 12.8. The van der Waals surface area contributed by atoms with Gasteiger partial charge in [0.1, 0.15) is 5.82 Å². The molecule has 0 saturated heterocycles. The summed E-state index contributed by atoms with van der Waals surface area (Å²) in [5.74, 6) is 1.04. The van der Waals surface area contributed by atoms with Crippen LogP contribution in [0.3, 0.4) is 0 Å². The molecule has 2 aromatic rings. The number of fused-ring (bicyclic) bond motifs is 1. The Labute approximate surface area is 114 Å². The van der Waals surface area contributed by atoms with Crippen molar-refractivity contribution in [3.05, 3.63) is 59.3 Å². The van der Waals surface area contributed by atoms with E-state index in [-0.39, 0.29) is 6.04 Å². The van der Waals surface area contributed by atoms with Crippen molar-refractivity contribution in [2.24, 2.45) is 5.73 Å². The number of rotatable bonds is 2. The third kappa shape index (κ3) is 2.47. The van der Waals surface area contributed by atoms with Gasteiger partial charge >= 0.3 is 0 Å². The molecule has 1 aliphatic heterocycles. The third-order valence-corrected chi connectivity index (χ3v) is 3.75. The summed E-state index contributed by atoms with van der Waals surface area (Å²) in [5, 5.41) is 0. The Bertz CT molecular complexity index is 560. The molecule has 0 fully saturated rings. The van der Waals surface area contributed by atoms with E-state index in [0.717, 1.165) is 30.9 Å². The van der Waals surface area contributed by atoms with Gasteiger partial charge in [0.15, 0.2) is 0 Å². The molecule has 0 saturated carbocycles. The topological polar surface area (TPSA) is 42.1 Å². The van der Waals surface area contributed by atoms with Gasteiger partial charge < -0.3 is 10.6 Å². The zero-order valence-electron chi connectivity index (χ0n) is 11.2. The number of anilines is 1. The highest BCUT2D eigenvalue weighted by atomic mass is 15.2. The predicted octanol–water partition coefficient (Wildman–Crippen LogP) is 2.66. The molecule has 0 amide bonds. The summed E-state index contributed by atoms with van der Waals surface area (Å²) in [4.78, 5) is 6.87. The lowest BCUT2D eigenvalue weighted by Crippen LogP contribution is -2.30. The Morgan fingerprint density at radius 2 is 1.95 bits per heavy atom. The highest BCUT2D eigenvalue weighted by Crippen LogP contribution is 2.23. The highest BCUT2D eigenvalue weighted by Gasteiger charge is 2.16. The zero-order valence-corrected chi connectivity index (χ0v) is 11.2. The van der Waals surface area contributed by atoms with E-state index in [4.69, 9.17) is 5.73 Å². The molecular weight excluding hydrogens is 234 g/mol. The number of benzene rings is 1. The average Bonchev–Trinajstić information content (AvgIpc) is 2.47. The lowest BCUT2D eigenvalue weighted by Gasteiger charge is -2.29. The number of pyridine rings is 1. The maximum absolute atomic E-state index is 5.85. The van der Waals surface area contributed by atoms with Gasteiger partial charge in [0.05, 0.1) is 0 Å². The minimum atomic E-state index is 0.0450. The SMILES string of the molecule is C[C@H](N)c1ccc(N2CCc3ccccc3C2)nc1. The van der Waals surface area contributed by atoms with E-state index in [0.29, 0.717) is 0 Å². The van der Waals surface area contributed by atoms with Gasteiger partial charge in [-0.1, -0.05) is 30.3 Å². The van der Waals surface area contributed by atoms with Crippen molar-refractivity contribution < 1.29 is 0 Å². The molecule has 0 bridgehead atoms. The normalized spacial score (nSPS) is 16.0. The fourth-order valence-corrected chi connectivity index (χ4v) is 2.55. The Morgan fingerprint density at radius 1 is 1.16 bits per heavy atom. The largest absolute Gasteiger partial charge is 0.352 e. The smallest absolute Gasteiger partial charge is 0.128 e. The van der Waals surface area contributed by atoms with Crippen molar-refractivity contribution in [2.45, 2.75) is 25.9 Å². The van der Waals surface area contributed by atoms with Crippen LogP contribution in [0.4, 0.5) is 5.82 Å². The van der Waals surface area contributed by atoms with E-state index in [2.05, 4.69) is 46.3 Å². The van der Waals surface area contributed by atoms with Gasteiger partial charge in [-0.15, -0.1) is 0 Å². The Morgan fingerprint density at radius 3 is 2.63 bits per heavy atom. The van der Waals surface area contributed by atoms with E-state index in [1.165, 1.54) is 11.1 Å². The predicted molar refractivity (Wildman–Crippen MR) is 78.0 cm³/mol. The van der Waals surface area contributed by atoms with Gasteiger partial charge in [-0.05, 0) is 36.1 Å². The molecule has 0 aliphatic carbocycles.